The number of amides is 1. The SMILES string of the molecule is Cc1ccc(-c2cc(C(N)=O)c(C)n2C(C)CCC(C)C)c(C)c1. The number of carbonyl (C=O) groups is 1. The first-order chi connectivity index (χ1) is 11.2. The van der Waals surface area contributed by atoms with Gasteiger partial charge < -0.3 is 10.3 Å². The van der Waals surface area contributed by atoms with Gasteiger partial charge in [0.15, 0.2) is 0 Å². The summed E-state index contributed by atoms with van der Waals surface area (Å²) in [5.74, 6) is 0.316. The van der Waals surface area contributed by atoms with Crippen molar-refractivity contribution in [3.8, 4) is 11.3 Å². The van der Waals surface area contributed by atoms with Crippen LogP contribution in [0.3, 0.4) is 0 Å². The Morgan fingerprint density at radius 3 is 2.29 bits per heavy atom. The van der Waals surface area contributed by atoms with Crippen molar-refractivity contribution in [1.82, 2.24) is 4.57 Å². The quantitative estimate of drug-likeness (QED) is 0.781. The van der Waals surface area contributed by atoms with Crippen molar-refractivity contribution in [3.63, 3.8) is 0 Å². The third-order valence-electron chi connectivity index (χ3n) is 4.82. The number of aryl methyl sites for hydroxylation is 2. The van der Waals surface area contributed by atoms with Crippen LogP contribution >= 0.6 is 0 Å². The Bertz CT molecular complexity index is 741. The molecule has 2 rings (SSSR count). The van der Waals surface area contributed by atoms with Crippen LogP contribution < -0.4 is 5.73 Å². The lowest BCUT2D eigenvalue weighted by atomic mass is 10.0. The highest BCUT2D eigenvalue weighted by Crippen LogP contribution is 2.33. The van der Waals surface area contributed by atoms with Gasteiger partial charge in [-0.1, -0.05) is 37.6 Å². The highest BCUT2D eigenvalue weighted by Gasteiger charge is 2.21. The van der Waals surface area contributed by atoms with Gasteiger partial charge in [-0.25, -0.2) is 0 Å². The van der Waals surface area contributed by atoms with E-state index in [4.69, 9.17) is 5.73 Å². The molecule has 0 fully saturated rings. The van der Waals surface area contributed by atoms with Gasteiger partial charge in [0.05, 0.1) is 5.56 Å². The van der Waals surface area contributed by atoms with E-state index >= 15 is 0 Å². The molecule has 1 aromatic heterocycles. The molecule has 2 N–H and O–H groups in total. The second-order valence-electron chi connectivity index (χ2n) is 7.40. The maximum absolute atomic E-state index is 11.9. The molecular formula is C21H30N2O. The predicted molar refractivity (Wildman–Crippen MR) is 101 cm³/mol. The molecule has 0 saturated carbocycles. The van der Waals surface area contributed by atoms with Crippen molar-refractivity contribution in [2.24, 2.45) is 11.7 Å². The van der Waals surface area contributed by atoms with E-state index in [1.165, 1.54) is 16.7 Å². The van der Waals surface area contributed by atoms with E-state index in [9.17, 15) is 4.79 Å². The molecule has 1 amide bonds. The zero-order valence-electron chi connectivity index (χ0n) is 15.8. The average molecular weight is 326 g/mol. The first-order valence-corrected chi connectivity index (χ1v) is 8.81. The Kier molecular flexibility index (Phi) is 5.53. The normalized spacial score (nSPS) is 12.6. The molecule has 0 saturated heterocycles. The molecule has 130 valence electrons. The molecule has 3 heteroatoms. The Morgan fingerprint density at radius 2 is 1.75 bits per heavy atom. The number of primary amides is 1. The summed E-state index contributed by atoms with van der Waals surface area (Å²) in [7, 11) is 0. The van der Waals surface area contributed by atoms with Crippen LogP contribution in [0.1, 0.15) is 66.8 Å². The van der Waals surface area contributed by atoms with Crippen LogP contribution in [0.5, 0.6) is 0 Å². The summed E-state index contributed by atoms with van der Waals surface area (Å²) in [6, 6.07) is 8.75. The van der Waals surface area contributed by atoms with Crippen molar-refractivity contribution in [3.05, 3.63) is 46.6 Å². The molecule has 1 aromatic carbocycles. The summed E-state index contributed by atoms with van der Waals surface area (Å²) < 4.78 is 2.29. The molecule has 24 heavy (non-hydrogen) atoms. The van der Waals surface area contributed by atoms with Crippen LogP contribution in [0, 0.1) is 26.7 Å². The number of benzene rings is 1. The Balaban J connectivity index is 2.57. The number of carbonyl (C=O) groups excluding carboxylic acids is 1. The number of rotatable bonds is 6. The summed E-state index contributed by atoms with van der Waals surface area (Å²) in [5.41, 5.74) is 11.9. The monoisotopic (exact) mass is 326 g/mol. The van der Waals surface area contributed by atoms with E-state index in [1.54, 1.807) is 0 Å². The largest absolute Gasteiger partial charge is 0.366 e. The lowest BCUT2D eigenvalue weighted by Crippen LogP contribution is -2.14. The van der Waals surface area contributed by atoms with Crippen molar-refractivity contribution in [2.75, 3.05) is 0 Å². The minimum Gasteiger partial charge on any atom is -0.366 e. The van der Waals surface area contributed by atoms with E-state index < -0.39 is 0 Å². The number of aromatic nitrogens is 1. The minimum absolute atomic E-state index is 0.330. The maximum atomic E-state index is 11.9. The average Bonchev–Trinajstić information content (AvgIpc) is 2.82. The Morgan fingerprint density at radius 1 is 1.08 bits per heavy atom. The molecule has 0 aliphatic carbocycles. The van der Waals surface area contributed by atoms with Crippen LogP contribution in [-0.2, 0) is 0 Å². The minimum atomic E-state index is -0.353. The molecule has 0 aliphatic rings. The van der Waals surface area contributed by atoms with Crippen molar-refractivity contribution in [1.29, 1.82) is 0 Å². The fraction of sp³-hybridized carbons (Fsp3) is 0.476. The van der Waals surface area contributed by atoms with Crippen LogP contribution in [0.15, 0.2) is 24.3 Å². The lowest BCUT2D eigenvalue weighted by molar-refractivity contribution is 0.0999. The molecule has 0 aliphatic heterocycles. The van der Waals surface area contributed by atoms with Gasteiger partial charge in [0.25, 0.3) is 5.91 Å². The number of nitrogens with zero attached hydrogens (tertiary/aromatic N) is 1. The summed E-state index contributed by atoms with van der Waals surface area (Å²) in [5, 5.41) is 0. The molecule has 1 atom stereocenters. The summed E-state index contributed by atoms with van der Waals surface area (Å²) >= 11 is 0. The van der Waals surface area contributed by atoms with Crippen LogP contribution in [0.2, 0.25) is 0 Å². The third kappa shape index (κ3) is 3.72. The predicted octanol–water partition coefficient (Wildman–Crippen LogP) is 5.18. The van der Waals surface area contributed by atoms with Gasteiger partial charge in [0, 0.05) is 23.0 Å². The lowest BCUT2D eigenvalue weighted by Gasteiger charge is -2.22. The summed E-state index contributed by atoms with van der Waals surface area (Å²) in [6.07, 6.45) is 2.25. The Labute approximate surface area is 145 Å². The molecule has 1 unspecified atom stereocenters. The van der Waals surface area contributed by atoms with E-state index in [-0.39, 0.29) is 5.91 Å². The fourth-order valence-electron chi connectivity index (χ4n) is 3.45. The first kappa shape index (κ1) is 18.3. The second-order valence-corrected chi connectivity index (χ2v) is 7.40. The van der Waals surface area contributed by atoms with E-state index in [1.807, 2.05) is 13.0 Å². The topological polar surface area (TPSA) is 48.0 Å². The molecule has 3 nitrogen and oxygen atoms in total. The van der Waals surface area contributed by atoms with Gasteiger partial charge in [0.1, 0.15) is 0 Å². The van der Waals surface area contributed by atoms with Crippen LogP contribution in [0.25, 0.3) is 11.3 Å². The van der Waals surface area contributed by atoms with E-state index in [0.29, 0.717) is 17.5 Å². The highest BCUT2D eigenvalue weighted by atomic mass is 16.1. The zero-order valence-corrected chi connectivity index (χ0v) is 15.8. The number of hydrogen-bond acceptors (Lipinski definition) is 1. The Hall–Kier alpha value is -2.03. The molecular weight excluding hydrogens is 296 g/mol. The van der Waals surface area contributed by atoms with Gasteiger partial charge in [0.2, 0.25) is 0 Å². The standard InChI is InChI=1S/C21H30N2O/c1-13(2)7-9-16(5)23-17(6)19(21(22)24)12-20(23)18-10-8-14(3)11-15(18)4/h8,10-13,16H,7,9H2,1-6H3,(H2,22,24). The number of nitrogens with two attached hydrogens (primary N) is 1. The zero-order chi connectivity index (χ0) is 18.0. The van der Waals surface area contributed by atoms with Crippen molar-refractivity contribution in [2.45, 2.75) is 60.4 Å². The van der Waals surface area contributed by atoms with Gasteiger partial charge in [-0.15, -0.1) is 0 Å². The smallest absolute Gasteiger partial charge is 0.250 e. The van der Waals surface area contributed by atoms with Gasteiger partial charge in [-0.05, 0) is 58.1 Å². The highest BCUT2D eigenvalue weighted by molar-refractivity contribution is 5.95. The summed E-state index contributed by atoms with van der Waals surface area (Å²) in [6.45, 7) is 12.9. The van der Waals surface area contributed by atoms with Crippen molar-refractivity contribution < 1.29 is 4.79 Å². The van der Waals surface area contributed by atoms with Gasteiger partial charge in [-0.3, -0.25) is 4.79 Å². The number of hydrogen-bond donors (Lipinski definition) is 1. The molecule has 1 heterocycles. The van der Waals surface area contributed by atoms with E-state index in [0.717, 1.165) is 24.2 Å². The fourth-order valence-corrected chi connectivity index (χ4v) is 3.45. The van der Waals surface area contributed by atoms with Gasteiger partial charge in [-0.2, -0.15) is 0 Å². The molecule has 0 spiro atoms. The molecule has 0 radical (unpaired) electrons. The maximum Gasteiger partial charge on any atom is 0.250 e. The van der Waals surface area contributed by atoms with Crippen LogP contribution in [0.4, 0.5) is 0 Å². The van der Waals surface area contributed by atoms with E-state index in [2.05, 4.69) is 57.4 Å². The third-order valence-corrected chi connectivity index (χ3v) is 4.82. The molecule has 2 aromatic rings. The summed E-state index contributed by atoms with van der Waals surface area (Å²) in [4.78, 5) is 11.9. The first-order valence-electron chi connectivity index (χ1n) is 8.81. The van der Waals surface area contributed by atoms with Gasteiger partial charge >= 0.3 is 0 Å². The second kappa shape index (κ2) is 7.25. The molecule has 0 bridgehead atoms. The van der Waals surface area contributed by atoms with Crippen LogP contribution in [-0.4, -0.2) is 10.5 Å². The van der Waals surface area contributed by atoms with Crippen molar-refractivity contribution >= 4 is 5.91 Å².